The van der Waals surface area contributed by atoms with Crippen LogP contribution in [0.5, 0.6) is 0 Å². The third kappa shape index (κ3) is 2.44. The molecule has 1 N–H and O–H groups in total. The lowest BCUT2D eigenvalue weighted by atomic mass is 10.3. The fourth-order valence-electron chi connectivity index (χ4n) is 1.19. The van der Waals surface area contributed by atoms with E-state index in [0.717, 1.165) is 11.5 Å². The van der Waals surface area contributed by atoms with Crippen LogP contribution < -0.4 is 5.43 Å². The van der Waals surface area contributed by atoms with Crippen LogP contribution >= 0.6 is 0 Å². The van der Waals surface area contributed by atoms with Gasteiger partial charge in [0.05, 0.1) is 11.9 Å². The standard InChI is InChI=1S/C11H11FN4/c1-16-7-6-13-11(16)8-14-15-10-4-2-9(12)3-5-10/h2-8,15H,1H3. The van der Waals surface area contributed by atoms with Crippen LogP contribution in [0.15, 0.2) is 41.8 Å². The first-order valence-electron chi connectivity index (χ1n) is 4.77. The maximum atomic E-state index is 12.6. The molecule has 1 aromatic carbocycles. The number of hydrogen-bond donors (Lipinski definition) is 1. The van der Waals surface area contributed by atoms with E-state index >= 15 is 0 Å². The van der Waals surface area contributed by atoms with Crippen LogP contribution in [0.3, 0.4) is 0 Å². The van der Waals surface area contributed by atoms with Gasteiger partial charge in [-0.1, -0.05) is 0 Å². The Bertz CT molecular complexity index is 487. The Hall–Kier alpha value is -2.17. The number of imidazole rings is 1. The van der Waals surface area contributed by atoms with Gasteiger partial charge < -0.3 is 4.57 Å². The van der Waals surface area contributed by atoms with Gasteiger partial charge in [0, 0.05) is 19.4 Å². The average Bonchev–Trinajstić information content (AvgIpc) is 2.68. The van der Waals surface area contributed by atoms with Crippen LogP contribution in [0.1, 0.15) is 5.82 Å². The molecule has 0 aliphatic heterocycles. The first-order chi connectivity index (χ1) is 7.75. The number of nitrogens with one attached hydrogen (secondary N) is 1. The highest BCUT2D eigenvalue weighted by atomic mass is 19.1. The Morgan fingerprint density at radius 1 is 1.38 bits per heavy atom. The second-order valence-electron chi connectivity index (χ2n) is 3.27. The molecule has 4 nitrogen and oxygen atoms in total. The molecular formula is C11H11FN4. The maximum absolute atomic E-state index is 12.6. The molecule has 0 fully saturated rings. The largest absolute Gasteiger partial charge is 0.333 e. The normalized spacial score (nSPS) is 10.9. The lowest BCUT2D eigenvalue weighted by Crippen LogP contribution is -1.97. The van der Waals surface area contributed by atoms with E-state index in [1.54, 1.807) is 24.5 Å². The van der Waals surface area contributed by atoms with Crippen molar-refractivity contribution in [2.24, 2.45) is 12.1 Å². The zero-order chi connectivity index (χ0) is 11.4. The van der Waals surface area contributed by atoms with Crippen molar-refractivity contribution in [1.29, 1.82) is 0 Å². The molecule has 5 heteroatoms. The van der Waals surface area contributed by atoms with Gasteiger partial charge in [0.2, 0.25) is 0 Å². The van der Waals surface area contributed by atoms with Gasteiger partial charge in [-0.25, -0.2) is 9.37 Å². The predicted molar refractivity (Wildman–Crippen MR) is 60.8 cm³/mol. The third-order valence-corrected chi connectivity index (χ3v) is 2.08. The quantitative estimate of drug-likeness (QED) is 0.632. The number of anilines is 1. The van der Waals surface area contributed by atoms with Gasteiger partial charge in [0.1, 0.15) is 5.82 Å². The molecule has 16 heavy (non-hydrogen) atoms. The molecular weight excluding hydrogens is 207 g/mol. The molecule has 82 valence electrons. The summed E-state index contributed by atoms with van der Waals surface area (Å²) in [6.07, 6.45) is 5.13. The van der Waals surface area contributed by atoms with Crippen LogP contribution in [0, 0.1) is 5.82 Å². The van der Waals surface area contributed by atoms with Crippen molar-refractivity contribution in [3.05, 3.63) is 48.3 Å². The van der Waals surface area contributed by atoms with Gasteiger partial charge >= 0.3 is 0 Å². The SMILES string of the molecule is Cn1ccnc1C=NNc1ccc(F)cc1. The van der Waals surface area contributed by atoms with Gasteiger partial charge in [-0.15, -0.1) is 0 Å². The molecule has 0 saturated heterocycles. The van der Waals surface area contributed by atoms with Crippen molar-refractivity contribution in [3.8, 4) is 0 Å². The highest BCUT2D eigenvalue weighted by Crippen LogP contribution is 2.07. The van der Waals surface area contributed by atoms with Gasteiger partial charge in [0.15, 0.2) is 5.82 Å². The zero-order valence-electron chi connectivity index (χ0n) is 8.76. The van der Waals surface area contributed by atoms with E-state index in [9.17, 15) is 4.39 Å². The van der Waals surface area contributed by atoms with Gasteiger partial charge in [-0.2, -0.15) is 5.10 Å². The summed E-state index contributed by atoms with van der Waals surface area (Å²) in [4.78, 5) is 4.07. The Morgan fingerprint density at radius 2 is 2.12 bits per heavy atom. The van der Waals surface area contributed by atoms with E-state index in [1.165, 1.54) is 12.1 Å². The highest BCUT2D eigenvalue weighted by molar-refractivity contribution is 5.75. The first-order valence-corrected chi connectivity index (χ1v) is 4.77. The highest BCUT2D eigenvalue weighted by Gasteiger charge is 1.93. The van der Waals surface area contributed by atoms with Crippen LogP contribution in [0.4, 0.5) is 10.1 Å². The molecule has 0 saturated carbocycles. The van der Waals surface area contributed by atoms with Crippen LogP contribution in [0.25, 0.3) is 0 Å². The van der Waals surface area contributed by atoms with Crippen molar-refractivity contribution >= 4 is 11.9 Å². The van der Waals surface area contributed by atoms with E-state index < -0.39 is 0 Å². The molecule has 0 bridgehead atoms. The van der Waals surface area contributed by atoms with E-state index in [4.69, 9.17) is 0 Å². The van der Waals surface area contributed by atoms with Crippen molar-refractivity contribution in [3.63, 3.8) is 0 Å². The van der Waals surface area contributed by atoms with Crippen molar-refractivity contribution in [2.45, 2.75) is 0 Å². The first kappa shape index (κ1) is 10.4. The zero-order valence-corrected chi connectivity index (χ0v) is 8.76. The Morgan fingerprint density at radius 3 is 2.75 bits per heavy atom. The Labute approximate surface area is 92.4 Å². The number of aromatic nitrogens is 2. The second kappa shape index (κ2) is 4.57. The molecule has 0 aliphatic carbocycles. The molecule has 0 amide bonds. The van der Waals surface area contributed by atoms with Crippen LogP contribution in [-0.4, -0.2) is 15.8 Å². The van der Waals surface area contributed by atoms with Crippen LogP contribution in [-0.2, 0) is 7.05 Å². The van der Waals surface area contributed by atoms with Gasteiger partial charge in [0.25, 0.3) is 0 Å². The Balaban J connectivity index is 2.00. The van der Waals surface area contributed by atoms with Crippen molar-refractivity contribution in [1.82, 2.24) is 9.55 Å². The minimum Gasteiger partial charge on any atom is -0.333 e. The van der Waals surface area contributed by atoms with E-state index in [1.807, 2.05) is 17.8 Å². The van der Waals surface area contributed by atoms with Crippen molar-refractivity contribution < 1.29 is 4.39 Å². The topological polar surface area (TPSA) is 42.2 Å². The summed E-state index contributed by atoms with van der Waals surface area (Å²) in [5.74, 6) is 0.480. The average molecular weight is 218 g/mol. The number of benzene rings is 1. The number of halogens is 1. The van der Waals surface area contributed by atoms with Crippen LogP contribution in [0.2, 0.25) is 0 Å². The molecule has 0 unspecified atom stereocenters. The minimum atomic E-state index is -0.265. The summed E-state index contributed by atoms with van der Waals surface area (Å²) in [6, 6.07) is 5.98. The molecule has 2 rings (SSSR count). The Kier molecular flexibility index (Phi) is 2.95. The van der Waals surface area contributed by atoms with Crippen molar-refractivity contribution in [2.75, 3.05) is 5.43 Å². The summed E-state index contributed by atoms with van der Waals surface area (Å²) in [5.41, 5.74) is 3.52. The smallest absolute Gasteiger partial charge is 0.152 e. The maximum Gasteiger partial charge on any atom is 0.152 e. The minimum absolute atomic E-state index is 0.265. The summed E-state index contributed by atoms with van der Waals surface area (Å²) in [7, 11) is 1.88. The molecule has 2 aromatic rings. The lowest BCUT2D eigenvalue weighted by molar-refractivity contribution is 0.628. The number of nitrogens with zero attached hydrogens (tertiary/aromatic N) is 3. The monoisotopic (exact) mass is 218 g/mol. The third-order valence-electron chi connectivity index (χ3n) is 2.08. The fourth-order valence-corrected chi connectivity index (χ4v) is 1.19. The number of hydrogen-bond acceptors (Lipinski definition) is 3. The molecule has 0 atom stereocenters. The summed E-state index contributed by atoms with van der Waals surface area (Å²) in [5, 5.41) is 3.99. The molecule has 0 aliphatic rings. The molecule has 0 radical (unpaired) electrons. The lowest BCUT2D eigenvalue weighted by Gasteiger charge is -1.99. The molecule has 1 aromatic heterocycles. The van der Waals surface area contributed by atoms with Gasteiger partial charge in [-0.3, -0.25) is 5.43 Å². The van der Waals surface area contributed by atoms with Gasteiger partial charge in [-0.05, 0) is 24.3 Å². The van der Waals surface area contributed by atoms with E-state index in [0.29, 0.717) is 0 Å². The molecule has 1 heterocycles. The number of hydrazone groups is 1. The predicted octanol–water partition coefficient (Wildman–Crippen LogP) is 2.01. The number of aryl methyl sites for hydroxylation is 1. The second-order valence-corrected chi connectivity index (χ2v) is 3.27. The fraction of sp³-hybridized carbons (Fsp3) is 0.0909. The molecule has 0 spiro atoms. The summed E-state index contributed by atoms with van der Waals surface area (Å²) in [6.45, 7) is 0. The number of rotatable bonds is 3. The summed E-state index contributed by atoms with van der Waals surface area (Å²) >= 11 is 0. The summed E-state index contributed by atoms with van der Waals surface area (Å²) < 4.78 is 14.4. The van der Waals surface area contributed by atoms with E-state index in [2.05, 4.69) is 15.5 Å². The van der Waals surface area contributed by atoms with E-state index in [-0.39, 0.29) is 5.82 Å².